The van der Waals surface area contributed by atoms with Gasteiger partial charge in [0.05, 0.1) is 11.6 Å². The molecule has 1 aromatic carbocycles. The molecule has 0 spiro atoms. The highest BCUT2D eigenvalue weighted by Crippen LogP contribution is 2.32. The van der Waals surface area contributed by atoms with Gasteiger partial charge in [-0.2, -0.15) is 13.2 Å². The lowest BCUT2D eigenvalue weighted by molar-refractivity contribution is -0.137. The molecule has 3 rings (SSSR count). The van der Waals surface area contributed by atoms with Crippen LogP contribution in [0.25, 0.3) is 0 Å². The van der Waals surface area contributed by atoms with Gasteiger partial charge >= 0.3 is 6.18 Å². The van der Waals surface area contributed by atoms with Crippen molar-refractivity contribution in [3.8, 4) is 0 Å². The topological polar surface area (TPSA) is 35.6 Å². The van der Waals surface area contributed by atoms with Crippen molar-refractivity contribution in [3.63, 3.8) is 0 Å². The molecule has 7 heteroatoms. The number of hydrogen-bond acceptors (Lipinski definition) is 3. The first-order valence-electron chi connectivity index (χ1n) is 8.31. The number of rotatable bonds is 4. The van der Waals surface area contributed by atoms with E-state index in [0.717, 1.165) is 18.9 Å². The molecule has 1 saturated carbocycles. The third kappa shape index (κ3) is 4.01. The second kappa shape index (κ2) is 6.63. The Morgan fingerprint density at radius 3 is 2.46 bits per heavy atom. The summed E-state index contributed by atoms with van der Waals surface area (Å²) in [5, 5.41) is 3.00. The van der Waals surface area contributed by atoms with Crippen LogP contribution in [0.5, 0.6) is 0 Å². The third-order valence-electron chi connectivity index (χ3n) is 4.70. The number of nitrogens with one attached hydrogen (secondary N) is 1. The summed E-state index contributed by atoms with van der Waals surface area (Å²) in [4.78, 5) is 16.1. The Morgan fingerprint density at radius 1 is 1.21 bits per heavy atom. The van der Waals surface area contributed by atoms with Crippen LogP contribution in [0.3, 0.4) is 0 Å². The Balaban J connectivity index is 1.57. The minimum Gasteiger partial charge on any atom is -0.369 e. The number of alkyl halides is 3. The lowest BCUT2D eigenvalue weighted by atomic mass is 10.1. The van der Waals surface area contributed by atoms with Crippen LogP contribution in [0.1, 0.15) is 25.3 Å². The van der Waals surface area contributed by atoms with E-state index in [2.05, 4.69) is 10.2 Å². The van der Waals surface area contributed by atoms with Crippen molar-refractivity contribution < 1.29 is 18.0 Å². The lowest BCUT2D eigenvalue weighted by Crippen LogP contribution is -2.54. The number of carbonyl (C=O) groups excluding carboxylic acids is 1. The Kier molecular flexibility index (Phi) is 4.71. The molecule has 2 fully saturated rings. The van der Waals surface area contributed by atoms with Crippen molar-refractivity contribution in [2.75, 3.05) is 31.1 Å². The number of benzene rings is 1. The molecule has 1 aromatic rings. The molecule has 0 aromatic heterocycles. The van der Waals surface area contributed by atoms with E-state index in [1.807, 2.05) is 11.8 Å². The standard InChI is InChI=1S/C17H22F3N3O/c1-12(16(24)21-14-5-6-14)22-7-9-23(10-8-22)15-4-2-3-13(11-15)17(18,19)20/h2-4,11-12,14H,5-10H2,1H3,(H,21,24)/t12-/m0/s1. The number of carbonyl (C=O) groups is 1. The van der Waals surface area contributed by atoms with Crippen molar-refractivity contribution in [3.05, 3.63) is 29.8 Å². The summed E-state index contributed by atoms with van der Waals surface area (Å²) in [6, 6.07) is 5.56. The number of hydrogen-bond donors (Lipinski definition) is 1. The van der Waals surface area contributed by atoms with Crippen molar-refractivity contribution >= 4 is 11.6 Å². The first kappa shape index (κ1) is 17.1. The van der Waals surface area contributed by atoms with Crippen molar-refractivity contribution in [2.24, 2.45) is 0 Å². The molecule has 0 unspecified atom stereocenters. The average Bonchev–Trinajstić information content (AvgIpc) is 3.37. The summed E-state index contributed by atoms with van der Waals surface area (Å²) in [7, 11) is 0. The molecule has 4 nitrogen and oxygen atoms in total. The van der Waals surface area contributed by atoms with Crippen LogP contribution < -0.4 is 10.2 Å². The molecule has 2 aliphatic rings. The largest absolute Gasteiger partial charge is 0.416 e. The predicted octanol–water partition coefficient (Wildman–Crippen LogP) is 2.49. The number of anilines is 1. The summed E-state index contributed by atoms with van der Waals surface area (Å²) in [6.07, 6.45) is -2.21. The number of halogens is 3. The fourth-order valence-corrected chi connectivity index (χ4v) is 2.96. The lowest BCUT2D eigenvalue weighted by Gasteiger charge is -2.38. The van der Waals surface area contributed by atoms with E-state index >= 15 is 0 Å². The molecule has 132 valence electrons. The molecule has 0 radical (unpaired) electrons. The van der Waals surface area contributed by atoms with E-state index in [0.29, 0.717) is 37.9 Å². The molecule has 1 atom stereocenters. The van der Waals surface area contributed by atoms with E-state index in [9.17, 15) is 18.0 Å². The first-order chi connectivity index (χ1) is 11.3. The van der Waals surface area contributed by atoms with Crippen LogP contribution in [0.4, 0.5) is 18.9 Å². The van der Waals surface area contributed by atoms with Gasteiger partial charge in [0.2, 0.25) is 5.91 Å². The summed E-state index contributed by atoms with van der Waals surface area (Å²) in [5.41, 5.74) is -0.0424. The van der Waals surface area contributed by atoms with Gasteiger partial charge in [-0.25, -0.2) is 0 Å². The van der Waals surface area contributed by atoms with Gasteiger partial charge in [-0.15, -0.1) is 0 Å². The zero-order chi connectivity index (χ0) is 17.3. The molecule has 1 aliphatic heterocycles. The highest BCUT2D eigenvalue weighted by molar-refractivity contribution is 5.81. The fraction of sp³-hybridized carbons (Fsp3) is 0.588. The highest BCUT2D eigenvalue weighted by Gasteiger charge is 2.32. The normalized spacial score (nSPS) is 20.8. The molecule has 1 heterocycles. The van der Waals surface area contributed by atoms with Gasteiger partial charge in [0.1, 0.15) is 0 Å². The van der Waals surface area contributed by atoms with E-state index in [1.54, 1.807) is 6.07 Å². The Morgan fingerprint density at radius 2 is 1.88 bits per heavy atom. The van der Waals surface area contributed by atoms with Gasteiger partial charge in [-0.05, 0) is 38.0 Å². The molecule has 0 bridgehead atoms. The zero-order valence-electron chi connectivity index (χ0n) is 13.6. The monoisotopic (exact) mass is 341 g/mol. The van der Waals surface area contributed by atoms with Crippen LogP contribution in [0.15, 0.2) is 24.3 Å². The van der Waals surface area contributed by atoms with Gasteiger partial charge in [0.15, 0.2) is 0 Å². The fourth-order valence-electron chi connectivity index (χ4n) is 2.96. The predicted molar refractivity (Wildman–Crippen MR) is 85.9 cm³/mol. The molecule has 1 amide bonds. The summed E-state index contributed by atoms with van der Waals surface area (Å²) >= 11 is 0. The third-order valence-corrected chi connectivity index (χ3v) is 4.70. The first-order valence-corrected chi connectivity index (χ1v) is 8.31. The van der Waals surface area contributed by atoms with Crippen molar-refractivity contribution in [2.45, 2.75) is 38.0 Å². The van der Waals surface area contributed by atoms with E-state index in [-0.39, 0.29) is 11.9 Å². The number of nitrogens with zero attached hydrogens (tertiary/aromatic N) is 2. The van der Waals surface area contributed by atoms with E-state index < -0.39 is 11.7 Å². The zero-order valence-corrected chi connectivity index (χ0v) is 13.6. The average molecular weight is 341 g/mol. The maximum atomic E-state index is 12.8. The smallest absolute Gasteiger partial charge is 0.369 e. The van der Waals surface area contributed by atoms with E-state index in [4.69, 9.17) is 0 Å². The minimum atomic E-state index is -4.33. The van der Waals surface area contributed by atoms with Crippen LogP contribution in [0.2, 0.25) is 0 Å². The molecular formula is C17H22F3N3O. The number of amides is 1. The van der Waals surface area contributed by atoms with Crippen molar-refractivity contribution in [1.82, 2.24) is 10.2 Å². The SMILES string of the molecule is C[C@@H](C(=O)NC1CC1)N1CCN(c2cccc(C(F)(F)F)c2)CC1. The van der Waals surface area contributed by atoms with E-state index in [1.165, 1.54) is 12.1 Å². The van der Waals surface area contributed by atoms with Crippen LogP contribution in [-0.4, -0.2) is 49.1 Å². The molecule has 1 saturated heterocycles. The maximum Gasteiger partial charge on any atom is 0.416 e. The maximum absolute atomic E-state index is 12.8. The van der Waals surface area contributed by atoms with Gasteiger partial charge in [-0.1, -0.05) is 6.07 Å². The van der Waals surface area contributed by atoms with Gasteiger partial charge in [-0.3, -0.25) is 9.69 Å². The second-order valence-electron chi connectivity index (χ2n) is 6.53. The molecule has 24 heavy (non-hydrogen) atoms. The second-order valence-corrected chi connectivity index (χ2v) is 6.53. The Labute approximate surface area is 139 Å². The quantitative estimate of drug-likeness (QED) is 0.914. The Hall–Kier alpha value is -1.76. The van der Waals surface area contributed by atoms with Crippen LogP contribution in [-0.2, 0) is 11.0 Å². The van der Waals surface area contributed by atoms with Gasteiger partial charge in [0, 0.05) is 37.9 Å². The van der Waals surface area contributed by atoms with Crippen LogP contribution in [0, 0.1) is 0 Å². The Bertz CT molecular complexity index is 593. The van der Waals surface area contributed by atoms with Gasteiger partial charge < -0.3 is 10.2 Å². The summed E-state index contributed by atoms with van der Waals surface area (Å²) in [6.45, 7) is 4.44. The molecule has 1 aliphatic carbocycles. The molecular weight excluding hydrogens is 319 g/mol. The summed E-state index contributed by atoms with van der Waals surface area (Å²) < 4.78 is 38.5. The molecule has 1 N–H and O–H groups in total. The highest BCUT2D eigenvalue weighted by atomic mass is 19.4. The summed E-state index contributed by atoms with van der Waals surface area (Å²) in [5.74, 6) is 0.0463. The minimum absolute atomic E-state index is 0.0463. The van der Waals surface area contributed by atoms with Crippen molar-refractivity contribution in [1.29, 1.82) is 0 Å². The van der Waals surface area contributed by atoms with Crippen LogP contribution >= 0.6 is 0 Å². The van der Waals surface area contributed by atoms with Gasteiger partial charge in [0.25, 0.3) is 0 Å². The number of piperazine rings is 1.